The molecule has 0 amide bonds. The van der Waals surface area contributed by atoms with Crippen molar-refractivity contribution in [3.63, 3.8) is 0 Å². The van der Waals surface area contributed by atoms with Crippen LogP contribution in [0.15, 0.2) is 53.1 Å². The van der Waals surface area contributed by atoms with Gasteiger partial charge >= 0.3 is 0 Å². The molecule has 0 aliphatic carbocycles. The quantitative estimate of drug-likeness (QED) is 0.754. The first kappa shape index (κ1) is 18.1. The van der Waals surface area contributed by atoms with Gasteiger partial charge in [-0.05, 0) is 24.1 Å². The fourth-order valence-corrected chi connectivity index (χ4v) is 3.17. The van der Waals surface area contributed by atoms with E-state index in [4.69, 9.17) is 9.15 Å². The number of aliphatic hydroxyl groups excluding tert-OH is 1. The van der Waals surface area contributed by atoms with Crippen LogP contribution in [0.5, 0.6) is 0 Å². The summed E-state index contributed by atoms with van der Waals surface area (Å²) in [7, 11) is 0. The minimum atomic E-state index is -0.453. The van der Waals surface area contributed by atoms with E-state index in [1.807, 2.05) is 12.1 Å². The second kappa shape index (κ2) is 9.73. The first-order chi connectivity index (χ1) is 12.3. The van der Waals surface area contributed by atoms with Gasteiger partial charge in [-0.25, -0.2) is 0 Å². The van der Waals surface area contributed by atoms with E-state index in [2.05, 4.69) is 40.1 Å². The van der Waals surface area contributed by atoms with Crippen molar-refractivity contribution in [2.45, 2.75) is 19.1 Å². The number of ether oxygens (including phenoxy) is 1. The van der Waals surface area contributed by atoms with Crippen molar-refractivity contribution in [2.75, 3.05) is 45.9 Å². The third-order valence-electron chi connectivity index (χ3n) is 4.63. The first-order valence-corrected chi connectivity index (χ1v) is 9.06. The largest absolute Gasteiger partial charge is 0.467 e. The molecule has 5 heteroatoms. The average molecular weight is 344 g/mol. The van der Waals surface area contributed by atoms with E-state index in [1.165, 1.54) is 5.56 Å². The summed E-state index contributed by atoms with van der Waals surface area (Å²) in [5.41, 5.74) is 1.40. The van der Waals surface area contributed by atoms with Crippen LogP contribution >= 0.6 is 0 Å². The second-order valence-corrected chi connectivity index (χ2v) is 6.63. The van der Waals surface area contributed by atoms with Crippen molar-refractivity contribution in [1.29, 1.82) is 0 Å². The van der Waals surface area contributed by atoms with Crippen molar-refractivity contribution in [3.8, 4) is 0 Å². The van der Waals surface area contributed by atoms with Gasteiger partial charge in [-0.2, -0.15) is 0 Å². The number of aliphatic hydroxyl groups is 1. The van der Waals surface area contributed by atoms with E-state index in [0.717, 1.165) is 44.9 Å². The molecule has 5 nitrogen and oxygen atoms in total. The second-order valence-electron chi connectivity index (χ2n) is 6.63. The standard InChI is InChI=1S/C20H28N2O3/c23-19(16-24-17-20-7-4-14-25-20)15-22-12-10-21(11-13-22)9-8-18-5-2-1-3-6-18/h1-7,14,19,23H,8-13,15-17H2. The van der Waals surface area contributed by atoms with Crippen LogP contribution in [0.1, 0.15) is 11.3 Å². The highest BCUT2D eigenvalue weighted by Crippen LogP contribution is 2.07. The molecule has 1 aromatic carbocycles. The van der Waals surface area contributed by atoms with Gasteiger partial charge in [-0.1, -0.05) is 30.3 Å². The first-order valence-electron chi connectivity index (χ1n) is 9.06. The smallest absolute Gasteiger partial charge is 0.129 e. The molecule has 1 fully saturated rings. The van der Waals surface area contributed by atoms with E-state index in [9.17, 15) is 5.11 Å². The molecule has 3 rings (SSSR count). The number of hydrogen-bond acceptors (Lipinski definition) is 5. The zero-order chi connectivity index (χ0) is 17.3. The Morgan fingerprint density at radius 3 is 2.48 bits per heavy atom. The number of β-amino-alcohol motifs (C(OH)–C–C–N with tert-alkyl or cyclic N) is 1. The molecule has 2 heterocycles. The highest BCUT2D eigenvalue weighted by Gasteiger charge is 2.19. The molecule has 1 aromatic heterocycles. The van der Waals surface area contributed by atoms with Crippen LogP contribution in [0.4, 0.5) is 0 Å². The minimum absolute atomic E-state index is 0.342. The molecule has 2 aromatic rings. The molecular formula is C20H28N2O3. The van der Waals surface area contributed by atoms with Gasteiger partial charge in [0.2, 0.25) is 0 Å². The van der Waals surface area contributed by atoms with Crippen LogP contribution in [0.2, 0.25) is 0 Å². The highest BCUT2D eigenvalue weighted by atomic mass is 16.5. The van der Waals surface area contributed by atoms with Gasteiger partial charge in [-0.3, -0.25) is 4.90 Å². The van der Waals surface area contributed by atoms with Crippen molar-refractivity contribution < 1.29 is 14.3 Å². The Kier molecular flexibility index (Phi) is 7.06. The Hall–Kier alpha value is -1.66. The predicted octanol–water partition coefficient (Wildman–Crippen LogP) is 2.02. The van der Waals surface area contributed by atoms with Gasteiger partial charge in [0.05, 0.1) is 19.0 Å². The molecule has 25 heavy (non-hydrogen) atoms. The van der Waals surface area contributed by atoms with E-state index >= 15 is 0 Å². The van der Waals surface area contributed by atoms with Gasteiger partial charge in [0.1, 0.15) is 12.4 Å². The lowest BCUT2D eigenvalue weighted by Gasteiger charge is -2.35. The summed E-state index contributed by atoms with van der Waals surface area (Å²) < 4.78 is 10.7. The van der Waals surface area contributed by atoms with Crippen molar-refractivity contribution in [2.24, 2.45) is 0 Å². The maximum Gasteiger partial charge on any atom is 0.129 e. The Labute approximate surface area is 149 Å². The molecule has 1 atom stereocenters. The zero-order valence-electron chi connectivity index (χ0n) is 14.7. The lowest BCUT2D eigenvalue weighted by molar-refractivity contribution is -0.00251. The number of piperazine rings is 1. The molecule has 1 N–H and O–H groups in total. The van der Waals surface area contributed by atoms with Crippen LogP contribution in [0.25, 0.3) is 0 Å². The molecule has 1 aliphatic rings. The summed E-state index contributed by atoms with van der Waals surface area (Å²) >= 11 is 0. The number of furan rings is 1. The topological polar surface area (TPSA) is 49.1 Å². The van der Waals surface area contributed by atoms with Crippen molar-refractivity contribution in [3.05, 3.63) is 60.1 Å². The molecule has 0 bridgehead atoms. The fourth-order valence-electron chi connectivity index (χ4n) is 3.17. The third kappa shape index (κ3) is 6.29. The Balaban J connectivity index is 1.28. The minimum Gasteiger partial charge on any atom is -0.467 e. The van der Waals surface area contributed by atoms with Crippen LogP contribution in [-0.4, -0.2) is 66.9 Å². The van der Waals surface area contributed by atoms with Crippen LogP contribution in [0.3, 0.4) is 0 Å². The molecule has 0 radical (unpaired) electrons. The maximum absolute atomic E-state index is 10.1. The zero-order valence-corrected chi connectivity index (χ0v) is 14.7. The van der Waals surface area contributed by atoms with Gasteiger partial charge in [0, 0.05) is 39.3 Å². The molecule has 136 valence electrons. The van der Waals surface area contributed by atoms with E-state index in [-0.39, 0.29) is 0 Å². The third-order valence-corrected chi connectivity index (χ3v) is 4.63. The number of nitrogens with zero attached hydrogens (tertiary/aromatic N) is 2. The van der Waals surface area contributed by atoms with E-state index in [0.29, 0.717) is 19.8 Å². The Morgan fingerprint density at radius 2 is 1.76 bits per heavy atom. The highest BCUT2D eigenvalue weighted by molar-refractivity contribution is 5.14. The van der Waals surface area contributed by atoms with E-state index < -0.39 is 6.10 Å². The monoisotopic (exact) mass is 344 g/mol. The average Bonchev–Trinajstić information content (AvgIpc) is 3.15. The van der Waals surface area contributed by atoms with Gasteiger partial charge < -0.3 is 19.2 Å². The van der Waals surface area contributed by atoms with E-state index in [1.54, 1.807) is 6.26 Å². The molecule has 1 aliphatic heterocycles. The molecule has 1 unspecified atom stereocenters. The Bertz CT molecular complexity index is 580. The number of rotatable bonds is 9. The predicted molar refractivity (Wildman–Crippen MR) is 97.4 cm³/mol. The van der Waals surface area contributed by atoms with Gasteiger partial charge in [-0.15, -0.1) is 0 Å². The fraction of sp³-hybridized carbons (Fsp3) is 0.500. The van der Waals surface area contributed by atoms with Crippen LogP contribution in [0, 0.1) is 0 Å². The summed E-state index contributed by atoms with van der Waals surface area (Å²) in [6.45, 7) is 6.66. The van der Waals surface area contributed by atoms with Gasteiger partial charge in [0.25, 0.3) is 0 Å². The van der Waals surface area contributed by atoms with Crippen molar-refractivity contribution >= 4 is 0 Å². The lowest BCUT2D eigenvalue weighted by atomic mass is 10.1. The van der Waals surface area contributed by atoms with Gasteiger partial charge in [0.15, 0.2) is 0 Å². The summed E-state index contributed by atoms with van der Waals surface area (Å²) in [5, 5.41) is 10.1. The number of benzene rings is 1. The SMILES string of the molecule is OC(COCc1ccco1)CN1CCN(CCc2ccccc2)CC1. The lowest BCUT2D eigenvalue weighted by Crippen LogP contribution is -2.49. The molecule has 0 spiro atoms. The number of hydrogen-bond donors (Lipinski definition) is 1. The van der Waals surface area contributed by atoms with Crippen LogP contribution in [-0.2, 0) is 17.8 Å². The molecule has 1 saturated heterocycles. The molecular weight excluding hydrogens is 316 g/mol. The maximum atomic E-state index is 10.1. The normalized spacial score (nSPS) is 17.6. The Morgan fingerprint density at radius 1 is 1.00 bits per heavy atom. The summed E-state index contributed by atoms with van der Waals surface area (Å²) in [6.07, 6.45) is 2.28. The summed E-state index contributed by atoms with van der Waals surface area (Å²) in [4.78, 5) is 4.82. The summed E-state index contributed by atoms with van der Waals surface area (Å²) in [6, 6.07) is 14.4. The summed E-state index contributed by atoms with van der Waals surface area (Å²) in [5.74, 6) is 0.791. The van der Waals surface area contributed by atoms with Crippen molar-refractivity contribution in [1.82, 2.24) is 9.80 Å². The molecule has 0 saturated carbocycles. The van der Waals surface area contributed by atoms with Crippen LogP contribution < -0.4 is 0 Å².